The maximum Gasteiger partial charge on any atom is 0.240 e. The Morgan fingerprint density at radius 2 is 1.91 bits per heavy atom. The quantitative estimate of drug-likeness (QED) is 0.632. The fraction of sp³-hybridized carbons (Fsp3) is 0.600. The van der Waals surface area contributed by atoms with Gasteiger partial charge in [0.2, 0.25) is 10.0 Å². The normalized spacial score (nSPS) is 11.9. The van der Waals surface area contributed by atoms with E-state index in [9.17, 15) is 8.42 Å². The summed E-state index contributed by atoms with van der Waals surface area (Å²) in [5.74, 6) is 0.704. The Labute approximate surface area is 133 Å². The third kappa shape index (κ3) is 6.31. The Bertz CT molecular complexity index is 559. The van der Waals surface area contributed by atoms with Gasteiger partial charge in [0, 0.05) is 26.7 Å². The lowest BCUT2D eigenvalue weighted by atomic mass is 10.2. The van der Waals surface area contributed by atoms with Crippen LogP contribution in [0.25, 0.3) is 0 Å². The van der Waals surface area contributed by atoms with Crippen molar-refractivity contribution >= 4 is 10.0 Å². The van der Waals surface area contributed by atoms with E-state index < -0.39 is 10.0 Å². The summed E-state index contributed by atoms with van der Waals surface area (Å²) in [7, 11) is -1.87. The molecular formula is C15H26N2O4S. The lowest BCUT2D eigenvalue weighted by Gasteiger charge is -2.14. The molecule has 126 valence electrons. The molecule has 1 aromatic rings. The average Bonchev–Trinajstić information content (AvgIpc) is 2.44. The van der Waals surface area contributed by atoms with E-state index in [0.717, 1.165) is 5.56 Å². The molecule has 1 rings (SSSR count). The van der Waals surface area contributed by atoms with Crippen LogP contribution in [0.1, 0.15) is 19.4 Å². The van der Waals surface area contributed by atoms with Crippen molar-refractivity contribution in [2.75, 3.05) is 33.4 Å². The Balaban J connectivity index is 2.59. The largest absolute Gasteiger partial charge is 0.491 e. The summed E-state index contributed by atoms with van der Waals surface area (Å²) >= 11 is 0. The fourth-order valence-corrected chi connectivity index (χ4v) is 2.95. The highest BCUT2D eigenvalue weighted by molar-refractivity contribution is 7.89. The van der Waals surface area contributed by atoms with Gasteiger partial charge in [-0.25, -0.2) is 13.1 Å². The molecule has 2 N–H and O–H groups in total. The second-order valence-electron chi connectivity index (χ2n) is 5.23. The van der Waals surface area contributed by atoms with Crippen LogP contribution in [-0.2, 0) is 14.8 Å². The number of sulfonamides is 1. The van der Waals surface area contributed by atoms with Crippen molar-refractivity contribution in [2.24, 2.45) is 0 Å². The molecule has 0 radical (unpaired) electrons. The third-order valence-electron chi connectivity index (χ3n) is 2.90. The van der Waals surface area contributed by atoms with Gasteiger partial charge >= 0.3 is 0 Å². The molecule has 0 fully saturated rings. The van der Waals surface area contributed by atoms with E-state index >= 15 is 0 Å². The number of hydrogen-bond donors (Lipinski definition) is 2. The molecule has 0 aromatic heterocycles. The van der Waals surface area contributed by atoms with Crippen molar-refractivity contribution in [3.63, 3.8) is 0 Å². The first-order valence-electron chi connectivity index (χ1n) is 7.33. The smallest absolute Gasteiger partial charge is 0.240 e. The van der Waals surface area contributed by atoms with Crippen molar-refractivity contribution in [1.82, 2.24) is 10.0 Å². The van der Waals surface area contributed by atoms with Gasteiger partial charge in [-0.2, -0.15) is 0 Å². The SMILES string of the molecule is COCCNCCNS(=O)(=O)c1ccc(OC(C)C)c(C)c1. The summed E-state index contributed by atoms with van der Waals surface area (Å²) in [5.41, 5.74) is 0.801. The molecular weight excluding hydrogens is 304 g/mol. The molecule has 22 heavy (non-hydrogen) atoms. The van der Waals surface area contributed by atoms with Crippen LogP contribution < -0.4 is 14.8 Å². The van der Waals surface area contributed by atoms with Crippen molar-refractivity contribution in [3.8, 4) is 5.75 Å². The van der Waals surface area contributed by atoms with Gasteiger partial charge in [0.05, 0.1) is 17.6 Å². The summed E-state index contributed by atoms with van der Waals surface area (Å²) in [5, 5.41) is 3.08. The van der Waals surface area contributed by atoms with Gasteiger partial charge in [0.15, 0.2) is 0 Å². The Morgan fingerprint density at radius 1 is 1.18 bits per heavy atom. The van der Waals surface area contributed by atoms with Gasteiger partial charge in [-0.15, -0.1) is 0 Å². The molecule has 0 atom stereocenters. The minimum Gasteiger partial charge on any atom is -0.491 e. The van der Waals surface area contributed by atoms with E-state index in [2.05, 4.69) is 10.0 Å². The maximum atomic E-state index is 12.2. The van der Waals surface area contributed by atoms with Gasteiger partial charge in [0.25, 0.3) is 0 Å². The molecule has 0 heterocycles. The first kappa shape index (κ1) is 18.9. The minimum absolute atomic E-state index is 0.0532. The molecule has 0 amide bonds. The minimum atomic E-state index is -3.50. The van der Waals surface area contributed by atoms with E-state index in [4.69, 9.17) is 9.47 Å². The number of benzene rings is 1. The topological polar surface area (TPSA) is 76.7 Å². The van der Waals surface area contributed by atoms with Gasteiger partial charge in [-0.05, 0) is 44.5 Å². The molecule has 1 aromatic carbocycles. The van der Waals surface area contributed by atoms with E-state index in [1.165, 1.54) is 0 Å². The number of rotatable bonds is 10. The fourth-order valence-electron chi connectivity index (χ4n) is 1.83. The number of methoxy groups -OCH3 is 1. The molecule has 6 nitrogen and oxygen atoms in total. The van der Waals surface area contributed by atoms with E-state index in [-0.39, 0.29) is 11.0 Å². The first-order valence-corrected chi connectivity index (χ1v) is 8.81. The van der Waals surface area contributed by atoms with E-state index in [1.807, 2.05) is 20.8 Å². The predicted octanol–water partition coefficient (Wildman–Crippen LogP) is 1.30. The van der Waals surface area contributed by atoms with Crippen LogP contribution in [0.4, 0.5) is 0 Å². The number of aryl methyl sites for hydroxylation is 1. The average molecular weight is 330 g/mol. The molecule has 0 unspecified atom stereocenters. The Kier molecular flexibility index (Phi) is 7.81. The monoisotopic (exact) mass is 330 g/mol. The predicted molar refractivity (Wildman–Crippen MR) is 86.9 cm³/mol. The maximum absolute atomic E-state index is 12.2. The van der Waals surface area contributed by atoms with Crippen molar-refractivity contribution in [2.45, 2.75) is 31.8 Å². The highest BCUT2D eigenvalue weighted by Gasteiger charge is 2.15. The van der Waals surface area contributed by atoms with Crippen LogP contribution in [-0.4, -0.2) is 47.9 Å². The molecule has 0 spiro atoms. The lowest BCUT2D eigenvalue weighted by Crippen LogP contribution is -2.33. The standard InChI is InChI=1S/C15H26N2O4S/c1-12(2)21-15-6-5-14(11-13(15)3)22(18,19)17-8-7-16-9-10-20-4/h5-6,11-12,16-17H,7-10H2,1-4H3. The Morgan fingerprint density at radius 3 is 2.50 bits per heavy atom. The Hall–Kier alpha value is -1.15. The van der Waals surface area contributed by atoms with Gasteiger partial charge < -0.3 is 14.8 Å². The van der Waals surface area contributed by atoms with Crippen LogP contribution in [0, 0.1) is 6.92 Å². The van der Waals surface area contributed by atoms with Crippen LogP contribution in [0.2, 0.25) is 0 Å². The summed E-state index contributed by atoms with van der Waals surface area (Å²) in [4.78, 5) is 0.248. The van der Waals surface area contributed by atoms with Gasteiger partial charge in [-0.3, -0.25) is 0 Å². The van der Waals surface area contributed by atoms with E-state index in [1.54, 1.807) is 25.3 Å². The molecule has 0 saturated heterocycles. The highest BCUT2D eigenvalue weighted by Crippen LogP contribution is 2.22. The second kappa shape index (κ2) is 9.09. The van der Waals surface area contributed by atoms with Gasteiger partial charge in [-0.1, -0.05) is 0 Å². The van der Waals surface area contributed by atoms with Gasteiger partial charge in [0.1, 0.15) is 5.75 Å². The molecule has 0 aliphatic heterocycles. The van der Waals surface area contributed by atoms with Crippen LogP contribution >= 0.6 is 0 Å². The second-order valence-corrected chi connectivity index (χ2v) is 7.00. The molecule has 7 heteroatoms. The zero-order valence-corrected chi connectivity index (χ0v) is 14.5. The lowest BCUT2D eigenvalue weighted by molar-refractivity contribution is 0.199. The highest BCUT2D eigenvalue weighted by atomic mass is 32.2. The summed E-state index contributed by atoms with van der Waals surface area (Å²) in [6.07, 6.45) is 0.0532. The summed E-state index contributed by atoms with van der Waals surface area (Å²) < 4.78 is 37.5. The molecule has 0 saturated carbocycles. The molecule has 0 aliphatic rings. The van der Waals surface area contributed by atoms with Crippen molar-refractivity contribution in [1.29, 1.82) is 0 Å². The third-order valence-corrected chi connectivity index (χ3v) is 4.35. The number of ether oxygens (including phenoxy) is 2. The molecule has 0 bridgehead atoms. The summed E-state index contributed by atoms with van der Waals surface area (Å²) in [6.45, 7) is 7.88. The van der Waals surface area contributed by atoms with Crippen molar-refractivity contribution < 1.29 is 17.9 Å². The van der Waals surface area contributed by atoms with Crippen LogP contribution in [0.5, 0.6) is 5.75 Å². The van der Waals surface area contributed by atoms with E-state index in [0.29, 0.717) is 32.0 Å². The zero-order valence-electron chi connectivity index (χ0n) is 13.7. The summed E-state index contributed by atoms with van der Waals surface area (Å²) in [6, 6.07) is 4.88. The zero-order chi connectivity index (χ0) is 16.6. The molecule has 0 aliphatic carbocycles. The van der Waals surface area contributed by atoms with Crippen LogP contribution in [0.3, 0.4) is 0 Å². The first-order chi connectivity index (χ1) is 10.4. The number of nitrogens with one attached hydrogen (secondary N) is 2. The van der Waals surface area contributed by atoms with Crippen LogP contribution in [0.15, 0.2) is 23.1 Å². The van der Waals surface area contributed by atoms with Crippen molar-refractivity contribution in [3.05, 3.63) is 23.8 Å². The number of hydrogen-bond acceptors (Lipinski definition) is 5.